The van der Waals surface area contributed by atoms with Crippen LogP contribution in [0, 0.1) is 0 Å². The molecular formula is C14H30N2O. The molecule has 0 aromatic rings. The van der Waals surface area contributed by atoms with E-state index in [-0.39, 0.29) is 0 Å². The number of hydrogen-bond acceptors (Lipinski definition) is 3. The molecule has 1 aliphatic rings. The Labute approximate surface area is 107 Å². The standard InChI is InChI=1S/C14H30N2O/c1-4-10-16(5-2)11-12-17-14-8-6-13(15-3)7-9-14/h13-15H,4-12H2,1-3H3. The van der Waals surface area contributed by atoms with Gasteiger partial charge in [0.05, 0.1) is 12.7 Å². The third kappa shape index (κ3) is 5.84. The Morgan fingerprint density at radius 2 is 1.82 bits per heavy atom. The fourth-order valence-electron chi connectivity index (χ4n) is 2.61. The van der Waals surface area contributed by atoms with Gasteiger partial charge in [-0.05, 0) is 52.2 Å². The van der Waals surface area contributed by atoms with Crippen LogP contribution in [0.4, 0.5) is 0 Å². The third-order valence-corrected chi connectivity index (χ3v) is 3.83. The summed E-state index contributed by atoms with van der Waals surface area (Å²) in [5, 5.41) is 3.36. The minimum atomic E-state index is 0.514. The first-order chi connectivity index (χ1) is 8.30. The zero-order valence-electron chi connectivity index (χ0n) is 11.9. The molecule has 0 aromatic carbocycles. The SMILES string of the molecule is CCCN(CC)CCOC1CCC(NC)CC1. The van der Waals surface area contributed by atoms with Gasteiger partial charge >= 0.3 is 0 Å². The number of ether oxygens (including phenoxy) is 1. The largest absolute Gasteiger partial charge is 0.377 e. The van der Waals surface area contributed by atoms with Gasteiger partial charge in [0.2, 0.25) is 0 Å². The van der Waals surface area contributed by atoms with Crippen LogP contribution < -0.4 is 5.32 Å². The molecule has 0 atom stereocenters. The van der Waals surface area contributed by atoms with Crippen LogP contribution in [-0.4, -0.2) is 50.3 Å². The van der Waals surface area contributed by atoms with Crippen molar-refractivity contribution < 1.29 is 4.74 Å². The van der Waals surface area contributed by atoms with Crippen molar-refractivity contribution in [2.45, 2.75) is 58.1 Å². The van der Waals surface area contributed by atoms with Crippen molar-refractivity contribution >= 4 is 0 Å². The van der Waals surface area contributed by atoms with Crippen LogP contribution in [-0.2, 0) is 4.74 Å². The van der Waals surface area contributed by atoms with Crippen LogP contribution in [0.3, 0.4) is 0 Å². The molecular weight excluding hydrogens is 212 g/mol. The van der Waals surface area contributed by atoms with Gasteiger partial charge in [-0.3, -0.25) is 0 Å². The van der Waals surface area contributed by atoms with Crippen LogP contribution in [0.5, 0.6) is 0 Å². The lowest BCUT2D eigenvalue weighted by Crippen LogP contribution is -2.34. The second kappa shape index (κ2) is 8.90. The smallest absolute Gasteiger partial charge is 0.0597 e. The molecule has 3 heteroatoms. The van der Waals surface area contributed by atoms with Crippen molar-refractivity contribution in [1.82, 2.24) is 10.2 Å². The molecule has 1 rings (SSSR count). The van der Waals surface area contributed by atoms with Crippen LogP contribution in [0.25, 0.3) is 0 Å². The molecule has 1 saturated carbocycles. The molecule has 0 aromatic heterocycles. The second-order valence-corrected chi connectivity index (χ2v) is 5.07. The lowest BCUT2D eigenvalue weighted by Gasteiger charge is -2.29. The summed E-state index contributed by atoms with van der Waals surface area (Å²) in [6, 6.07) is 0.724. The third-order valence-electron chi connectivity index (χ3n) is 3.83. The van der Waals surface area contributed by atoms with Gasteiger partial charge in [0.15, 0.2) is 0 Å². The quantitative estimate of drug-likeness (QED) is 0.706. The Bertz CT molecular complexity index is 179. The summed E-state index contributed by atoms with van der Waals surface area (Å²) in [5.41, 5.74) is 0. The van der Waals surface area contributed by atoms with Crippen molar-refractivity contribution in [3.63, 3.8) is 0 Å². The molecule has 0 heterocycles. The average molecular weight is 242 g/mol. The molecule has 1 N–H and O–H groups in total. The van der Waals surface area contributed by atoms with Gasteiger partial charge in [-0.1, -0.05) is 13.8 Å². The first kappa shape index (κ1) is 14.9. The normalized spacial score (nSPS) is 25.4. The van der Waals surface area contributed by atoms with Gasteiger partial charge in [-0.15, -0.1) is 0 Å². The first-order valence-corrected chi connectivity index (χ1v) is 7.31. The number of nitrogens with zero attached hydrogens (tertiary/aromatic N) is 1. The van der Waals surface area contributed by atoms with Gasteiger partial charge < -0.3 is 15.0 Å². The van der Waals surface area contributed by atoms with E-state index in [1.807, 2.05) is 0 Å². The minimum absolute atomic E-state index is 0.514. The molecule has 0 aliphatic heterocycles. The lowest BCUT2D eigenvalue weighted by atomic mass is 9.93. The number of hydrogen-bond donors (Lipinski definition) is 1. The highest BCUT2D eigenvalue weighted by atomic mass is 16.5. The van der Waals surface area contributed by atoms with E-state index in [0.717, 1.165) is 25.7 Å². The summed E-state index contributed by atoms with van der Waals surface area (Å²) in [4.78, 5) is 2.47. The van der Waals surface area contributed by atoms with Crippen molar-refractivity contribution in [3.05, 3.63) is 0 Å². The Kier molecular flexibility index (Phi) is 7.82. The van der Waals surface area contributed by atoms with Crippen molar-refractivity contribution in [2.24, 2.45) is 0 Å². The molecule has 3 nitrogen and oxygen atoms in total. The summed E-state index contributed by atoms with van der Waals surface area (Å²) in [6.45, 7) is 8.81. The van der Waals surface area contributed by atoms with Crippen LogP contribution >= 0.6 is 0 Å². The monoisotopic (exact) mass is 242 g/mol. The summed E-state index contributed by atoms with van der Waals surface area (Å²) in [7, 11) is 2.07. The van der Waals surface area contributed by atoms with Gasteiger partial charge in [-0.2, -0.15) is 0 Å². The van der Waals surface area contributed by atoms with Crippen molar-refractivity contribution in [1.29, 1.82) is 0 Å². The Morgan fingerprint density at radius 1 is 1.12 bits per heavy atom. The molecule has 0 radical (unpaired) electrons. The van der Waals surface area contributed by atoms with E-state index >= 15 is 0 Å². The van der Waals surface area contributed by atoms with E-state index in [2.05, 4.69) is 31.1 Å². The van der Waals surface area contributed by atoms with E-state index in [4.69, 9.17) is 4.74 Å². The Hall–Kier alpha value is -0.120. The van der Waals surface area contributed by atoms with Crippen LogP contribution in [0.1, 0.15) is 46.0 Å². The topological polar surface area (TPSA) is 24.5 Å². The Balaban J connectivity index is 2.06. The van der Waals surface area contributed by atoms with Gasteiger partial charge in [0.25, 0.3) is 0 Å². The molecule has 102 valence electrons. The predicted molar refractivity (Wildman–Crippen MR) is 73.5 cm³/mol. The summed E-state index contributed by atoms with van der Waals surface area (Å²) in [5.74, 6) is 0. The maximum Gasteiger partial charge on any atom is 0.0597 e. The fraction of sp³-hybridized carbons (Fsp3) is 1.00. The maximum atomic E-state index is 5.98. The van der Waals surface area contributed by atoms with Gasteiger partial charge in [-0.25, -0.2) is 0 Å². The predicted octanol–water partition coefficient (Wildman–Crippen LogP) is 2.27. The van der Waals surface area contributed by atoms with Gasteiger partial charge in [0.1, 0.15) is 0 Å². The fourth-order valence-corrected chi connectivity index (χ4v) is 2.61. The highest BCUT2D eigenvalue weighted by Gasteiger charge is 2.20. The second-order valence-electron chi connectivity index (χ2n) is 5.07. The molecule has 0 bridgehead atoms. The molecule has 0 unspecified atom stereocenters. The first-order valence-electron chi connectivity index (χ1n) is 7.31. The summed E-state index contributed by atoms with van der Waals surface area (Å²) >= 11 is 0. The lowest BCUT2D eigenvalue weighted by molar-refractivity contribution is 0.0121. The summed E-state index contributed by atoms with van der Waals surface area (Å²) < 4.78 is 5.98. The molecule has 17 heavy (non-hydrogen) atoms. The number of rotatable bonds is 8. The molecule has 1 aliphatic carbocycles. The zero-order valence-corrected chi connectivity index (χ0v) is 11.9. The Morgan fingerprint density at radius 3 is 2.35 bits per heavy atom. The molecule has 1 fully saturated rings. The van der Waals surface area contributed by atoms with E-state index in [9.17, 15) is 0 Å². The van der Waals surface area contributed by atoms with Gasteiger partial charge in [0, 0.05) is 12.6 Å². The molecule has 0 amide bonds. The number of nitrogens with one attached hydrogen (secondary N) is 1. The molecule has 0 spiro atoms. The zero-order chi connectivity index (χ0) is 12.5. The summed E-state index contributed by atoms with van der Waals surface area (Å²) in [6.07, 6.45) is 6.75. The highest BCUT2D eigenvalue weighted by Crippen LogP contribution is 2.20. The average Bonchev–Trinajstić information content (AvgIpc) is 2.38. The van der Waals surface area contributed by atoms with Crippen LogP contribution in [0.15, 0.2) is 0 Å². The van der Waals surface area contributed by atoms with Crippen molar-refractivity contribution in [2.75, 3.05) is 33.3 Å². The van der Waals surface area contributed by atoms with E-state index < -0.39 is 0 Å². The van der Waals surface area contributed by atoms with E-state index in [1.54, 1.807) is 0 Å². The van der Waals surface area contributed by atoms with Crippen LogP contribution in [0.2, 0.25) is 0 Å². The van der Waals surface area contributed by atoms with Crippen molar-refractivity contribution in [3.8, 4) is 0 Å². The maximum absolute atomic E-state index is 5.98. The molecule has 0 saturated heterocycles. The van der Waals surface area contributed by atoms with E-state index in [1.165, 1.54) is 38.6 Å². The minimum Gasteiger partial charge on any atom is -0.377 e. The number of likely N-dealkylation sites (N-methyl/N-ethyl adjacent to an activating group) is 1. The highest BCUT2D eigenvalue weighted by molar-refractivity contribution is 4.76. The van der Waals surface area contributed by atoms with E-state index in [0.29, 0.717) is 6.10 Å².